The van der Waals surface area contributed by atoms with Crippen LogP contribution in [0.25, 0.3) is 22.2 Å². The van der Waals surface area contributed by atoms with Crippen LogP contribution in [0.4, 0.5) is 0 Å². The van der Waals surface area contributed by atoms with Gasteiger partial charge in [-0.2, -0.15) is 5.10 Å². The molecule has 148 valence electrons. The first kappa shape index (κ1) is 19.8. The van der Waals surface area contributed by atoms with E-state index in [2.05, 4.69) is 26.5 Å². The number of methoxy groups -OCH3 is 1. The summed E-state index contributed by atoms with van der Waals surface area (Å²) in [5.41, 5.74) is 6.38. The second-order valence-electron chi connectivity index (χ2n) is 6.55. The van der Waals surface area contributed by atoms with Crippen molar-refractivity contribution in [2.24, 2.45) is 5.10 Å². The molecule has 0 unspecified atom stereocenters. The second kappa shape index (κ2) is 8.88. The molecule has 0 fully saturated rings. The molecular formula is C24H18BrN3O2. The molecular weight excluding hydrogens is 442 g/mol. The summed E-state index contributed by atoms with van der Waals surface area (Å²) in [4.78, 5) is 17.6. The molecule has 6 heteroatoms. The van der Waals surface area contributed by atoms with Gasteiger partial charge in [0.25, 0.3) is 5.91 Å². The molecule has 1 aromatic heterocycles. The fraction of sp³-hybridized carbons (Fsp3) is 0.0417. The maximum absolute atomic E-state index is 12.9. The minimum Gasteiger partial charge on any atom is -0.497 e. The number of hydrazone groups is 1. The lowest BCUT2D eigenvalue weighted by molar-refractivity contribution is 0.0956. The molecule has 0 radical (unpaired) electrons. The summed E-state index contributed by atoms with van der Waals surface area (Å²) in [6, 6.07) is 24.6. The van der Waals surface area contributed by atoms with Gasteiger partial charge in [0, 0.05) is 15.4 Å². The first-order chi connectivity index (χ1) is 14.6. The molecule has 4 rings (SSSR count). The third-order valence-electron chi connectivity index (χ3n) is 4.58. The highest BCUT2D eigenvalue weighted by atomic mass is 79.9. The zero-order valence-electron chi connectivity index (χ0n) is 16.2. The molecule has 0 aliphatic rings. The highest BCUT2D eigenvalue weighted by molar-refractivity contribution is 9.10. The highest BCUT2D eigenvalue weighted by Crippen LogP contribution is 2.26. The fourth-order valence-electron chi connectivity index (χ4n) is 3.07. The number of hydrogen-bond acceptors (Lipinski definition) is 4. The molecule has 0 saturated heterocycles. The van der Waals surface area contributed by atoms with Crippen LogP contribution >= 0.6 is 15.9 Å². The number of nitrogens with one attached hydrogen (secondary N) is 1. The van der Waals surface area contributed by atoms with Crippen LogP contribution in [0.15, 0.2) is 88.4 Å². The largest absolute Gasteiger partial charge is 0.497 e. The number of aromatic nitrogens is 1. The van der Waals surface area contributed by atoms with Gasteiger partial charge < -0.3 is 4.74 Å². The number of carbonyl (C=O) groups is 1. The standard InChI is InChI=1S/C24H18BrN3O2/c1-30-19-11-9-16(10-12-19)15-26-28-24(29)21-14-23(17-5-4-6-18(25)13-17)27-22-8-3-2-7-20(21)22/h2-15H,1H3,(H,28,29). The zero-order chi connectivity index (χ0) is 20.9. The van der Waals surface area contributed by atoms with E-state index in [0.29, 0.717) is 5.56 Å². The Bertz CT molecular complexity index is 1240. The number of fused-ring (bicyclic) bond motifs is 1. The molecule has 5 nitrogen and oxygen atoms in total. The molecule has 0 saturated carbocycles. The number of para-hydroxylation sites is 1. The Hall–Kier alpha value is -3.51. The van der Waals surface area contributed by atoms with E-state index in [0.717, 1.165) is 37.9 Å². The van der Waals surface area contributed by atoms with Gasteiger partial charge in [0.2, 0.25) is 0 Å². The molecule has 0 aliphatic heterocycles. The monoisotopic (exact) mass is 459 g/mol. The van der Waals surface area contributed by atoms with Crippen molar-refractivity contribution >= 4 is 39.0 Å². The molecule has 3 aromatic carbocycles. The second-order valence-corrected chi connectivity index (χ2v) is 7.47. The summed E-state index contributed by atoms with van der Waals surface area (Å²) in [6.07, 6.45) is 1.59. The minimum atomic E-state index is -0.297. The van der Waals surface area contributed by atoms with Crippen molar-refractivity contribution in [1.82, 2.24) is 10.4 Å². The van der Waals surface area contributed by atoms with Gasteiger partial charge in [-0.1, -0.05) is 46.3 Å². The van der Waals surface area contributed by atoms with E-state index >= 15 is 0 Å². The maximum Gasteiger partial charge on any atom is 0.272 e. The van der Waals surface area contributed by atoms with Gasteiger partial charge in [-0.15, -0.1) is 0 Å². The SMILES string of the molecule is COc1ccc(C=NNC(=O)c2cc(-c3cccc(Br)c3)nc3ccccc23)cc1. The Balaban J connectivity index is 1.64. The molecule has 1 N–H and O–H groups in total. The van der Waals surface area contributed by atoms with E-state index in [1.807, 2.05) is 72.8 Å². The summed E-state index contributed by atoms with van der Waals surface area (Å²) in [7, 11) is 1.62. The van der Waals surface area contributed by atoms with Crippen molar-refractivity contribution in [2.45, 2.75) is 0 Å². The molecule has 0 bridgehead atoms. The molecule has 0 spiro atoms. The lowest BCUT2D eigenvalue weighted by atomic mass is 10.0. The van der Waals surface area contributed by atoms with Gasteiger partial charge in [-0.25, -0.2) is 10.4 Å². The predicted octanol–water partition coefficient (Wildman–Crippen LogP) is 5.44. The summed E-state index contributed by atoms with van der Waals surface area (Å²) in [5, 5.41) is 4.88. The molecule has 30 heavy (non-hydrogen) atoms. The maximum atomic E-state index is 12.9. The smallest absolute Gasteiger partial charge is 0.272 e. The van der Waals surface area contributed by atoms with Crippen molar-refractivity contribution in [2.75, 3.05) is 7.11 Å². The number of rotatable bonds is 5. The van der Waals surface area contributed by atoms with Gasteiger partial charge in [0.15, 0.2) is 0 Å². The average Bonchev–Trinajstić information content (AvgIpc) is 2.78. The van der Waals surface area contributed by atoms with Crippen molar-refractivity contribution in [3.63, 3.8) is 0 Å². The van der Waals surface area contributed by atoms with Gasteiger partial charge in [-0.05, 0) is 54.1 Å². The summed E-state index contributed by atoms with van der Waals surface area (Å²) >= 11 is 3.49. The van der Waals surface area contributed by atoms with E-state index < -0.39 is 0 Å². The first-order valence-corrected chi connectivity index (χ1v) is 10.1. The third-order valence-corrected chi connectivity index (χ3v) is 5.07. The quantitative estimate of drug-likeness (QED) is 0.319. The summed E-state index contributed by atoms with van der Waals surface area (Å²) in [6.45, 7) is 0. The number of amides is 1. The zero-order valence-corrected chi connectivity index (χ0v) is 17.8. The average molecular weight is 460 g/mol. The van der Waals surface area contributed by atoms with Gasteiger partial charge >= 0.3 is 0 Å². The summed E-state index contributed by atoms with van der Waals surface area (Å²) in [5.74, 6) is 0.467. The number of hydrogen-bond donors (Lipinski definition) is 1. The number of nitrogens with zero attached hydrogens (tertiary/aromatic N) is 2. The van der Waals surface area contributed by atoms with E-state index in [1.54, 1.807) is 19.4 Å². The van der Waals surface area contributed by atoms with E-state index in [4.69, 9.17) is 9.72 Å². The Kier molecular flexibility index (Phi) is 5.86. The predicted molar refractivity (Wildman–Crippen MR) is 123 cm³/mol. The Labute approximate surface area is 182 Å². The van der Waals surface area contributed by atoms with Crippen molar-refractivity contribution < 1.29 is 9.53 Å². The number of ether oxygens (including phenoxy) is 1. The third kappa shape index (κ3) is 4.39. The molecule has 1 heterocycles. The number of benzene rings is 3. The minimum absolute atomic E-state index is 0.297. The summed E-state index contributed by atoms with van der Waals surface area (Å²) < 4.78 is 6.09. The lowest BCUT2D eigenvalue weighted by Gasteiger charge is -2.09. The molecule has 1 amide bonds. The van der Waals surface area contributed by atoms with Crippen LogP contribution in [-0.2, 0) is 0 Å². The van der Waals surface area contributed by atoms with E-state index in [-0.39, 0.29) is 5.91 Å². The van der Waals surface area contributed by atoms with Crippen LogP contribution in [0.2, 0.25) is 0 Å². The van der Waals surface area contributed by atoms with Crippen LogP contribution in [0.5, 0.6) is 5.75 Å². The first-order valence-electron chi connectivity index (χ1n) is 9.27. The van der Waals surface area contributed by atoms with Crippen molar-refractivity contribution in [3.8, 4) is 17.0 Å². The molecule has 0 atom stereocenters. The van der Waals surface area contributed by atoms with Crippen LogP contribution in [0, 0.1) is 0 Å². The van der Waals surface area contributed by atoms with Crippen LogP contribution in [0.1, 0.15) is 15.9 Å². The van der Waals surface area contributed by atoms with Crippen LogP contribution in [-0.4, -0.2) is 24.2 Å². The molecule has 0 aliphatic carbocycles. The van der Waals surface area contributed by atoms with Crippen molar-refractivity contribution in [1.29, 1.82) is 0 Å². The van der Waals surface area contributed by atoms with Crippen LogP contribution < -0.4 is 10.2 Å². The molecule has 4 aromatic rings. The number of halogens is 1. The van der Waals surface area contributed by atoms with E-state index in [1.165, 1.54) is 0 Å². The van der Waals surface area contributed by atoms with Gasteiger partial charge in [0.05, 0.1) is 30.1 Å². The topological polar surface area (TPSA) is 63.6 Å². The number of pyridine rings is 1. The lowest BCUT2D eigenvalue weighted by Crippen LogP contribution is -2.18. The van der Waals surface area contributed by atoms with Crippen molar-refractivity contribution in [3.05, 3.63) is 94.5 Å². The van der Waals surface area contributed by atoms with Gasteiger partial charge in [0.1, 0.15) is 5.75 Å². The Morgan fingerprint density at radius 1 is 1.03 bits per heavy atom. The van der Waals surface area contributed by atoms with Crippen LogP contribution in [0.3, 0.4) is 0 Å². The Morgan fingerprint density at radius 2 is 1.83 bits per heavy atom. The van der Waals surface area contributed by atoms with Gasteiger partial charge in [-0.3, -0.25) is 4.79 Å². The fourth-order valence-corrected chi connectivity index (χ4v) is 3.47. The van der Waals surface area contributed by atoms with E-state index in [9.17, 15) is 4.79 Å². The highest BCUT2D eigenvalue weighted by Gasteiger charge is 2.13. The normalized spacial score (nSPS) is 11.0. The number of carbonyl (C=O) groups excluding carboxylic acids is 1. The Morgan fingerprint density at radius 3 is 2.60 bits per heavy atom.